The van der Waals surface area contributed by atoms with Crippen molar-refractivity contribution < 1.29 is 17.9 Å². The normalized spacial score (nSPS) is 10.8. The Kier molecular flexibility index (Phi) is 5.90. The summed E-state index contributed by atoms with van der Waals surface area (Å²) in [5.41, 5.74) is 5.65. The fourth-order valence-electron chi connectivity index (χ4n) is 1.47. The quantitative estimate of drug-likeness (QED) is 0.719. The molecule has 3 N–H and O–H groups in total. The summed E-state index contributed by atoms with van der Waals surface area (Å²) in [5.74, 6) is -1.09. The first-order valence-corrected chi connectivity index (χ1v) is 8.07. The predicted octanol–water partition coefficient (Wildman–Crippen LogP) is 0.725. The highest BCUT2D eigenvalue weighted by Crippen LogP contribution is 2.15. The molecule has 0 radical (unpaired) electrons. The zero-order valence-corrected chi connectivity index (χ0v) is 12.6. The van der Waals surface area contributed by atoms with Crippen LogP contribution in [0, 0.1) is 0 Å². The maximum absolute atomic E-state index is 11.6. The van der Waals surface area contributed by atoms with Crippen LogP contribution < -0.4 is 15.8 Å². The molecule has 0 fully saturated rings. The highest BCUT2D eigenvalue weighted by molar-refractivity contribution is 7.94. The van der Waals surface area contributed by atoms with Crippen molar-refractivity contribution in [1.82, 2.24) is 0 Å². The van der Waals surface area contributed by atoms with Gasteiger partial charge in [0.2, 0.25) is 5.91 Å². The molecule has 1 aromatic carbocycles. The van der Waals surface area contributed by atoms with E-state index in [9.17, 15) is 13.2 Å². The topological polar surface area (TPSA) is 98.5 Å². The van der Waals surface area contributed by atoms with Gasteiger partial charge in [-0.25, -0.2) is 8.42 Å². The number of sulfone groups is 1. The van der Waals surface area contributed by atoms with Gasteiger partial charge in [0, 0.05) is 5.69 Å². The third kappa shape index (κ3) is 5.98. The lowest BCUT2D eigenvalue weighted by Crippen LogP contribution is -2.29. The summed E-state index contributed by atoms with van der Waals surface area (Å²) < 4.78 is 28.3. The lowest BCUT2D eigenvalue weighted by Gasteiger charge is -2.07. The average molecular weight is 316 g/mol. The van der Waals surface area contributed by atoms with Crippen molar-refractivity contribution in [3.05, 3.63) is 24.3 Å². The van der Waals surface area contributed by atoms with Gasteiger partial charge in [0.15, 0.2) is 9.84 Å². The number of anilines is 1. The summed E-state index contributed by atoms with van der Waals surface area (Å²) in [6.07, 6.45) is 0. The zero-order valence-electron chi connectivity index (χ0n) is 11.0. The molecule has 0 bridgehead atoms. The molecule has 0 aliphatic carbocycles. The van der Waals surface area contributed by atoms with Gasteiger partial charge in [0.25, 0.3) is 0 Å². The number of nitrogens with two attached hydrogens (primary N) is 1. The van der Waals surface area contributed by atoms with Crippen molar-refractivity contribution in [2.75, 3.05) is 23.4 Å². The van der Waals surface area contributed by atoms with E-state index in [0.29, 0.717) is 18.0 Å². The number of carbonyl (C=O) groups excluding carboxylic acids is 1. The average Bonchev–Trinajstić information content (AvgIpc) is 2.29. The Hall–Kier alpha value is -1.67. The van der Waals surface area contributed by atoms with Crippen LogP contribution in [-0.4, -0.2) is 37.4 Å². The Balaban J connectivity index is 2.60. The van der Waals surface area contributed by atoms with Crippen LogP contribution in [0.5, 0.6) is 5.75 Å². The second kappa shape index (κ2) is 7.20. The Morgan fingerprint density at radius 2 is 1.90 bits per heavy atom. The van der Waals surface area contributed by atoms with Gasteiger partial charge in [-0.3, -0.25) is 4.79 Å². The van der Waals surface area contributed by atoms with Gasteiger partial charge in [0.05, 0.1) is 11.6 Å². The van der Waals surface area contributed by atoms with Crippen LogP contribution in [0.25, 0.3) is 0 Å². The molecular formula is C12H16N2O4S2. The van der Waals surface area contributed by atoms with Crippen LogP contribution in [0.1, 0.15) is 6.92 Å². The predicted molar refractivity (Wildman–Crippen MR) is 81.7 cm³/mol. The molecule has 0 aliphatic rings. The SMILES string of the molecule is CCOc1ccc(NC(=O)CS(=O)(=O)CC(N)=S)cc1. The number of nitrogens with one attached hydrogen (secondary N) is 1. The molecule has 0 saturated carbocycles. The first kappa shape index (κ1) is 16.4. The molecule has 110 valence electrons. The number of thiocarbonyl (C=S) groups is 1. The van der Waals surface area contributed by atoms with Gasteiger partial charge in [-0.15, -0.1) is 0 Å². The first-order valence-electron chi connectivity index (χ1n) is 5.84. The number of carbonyl (C=O) groups is 1. The molecular weight excluding hydrogens is 300 g/mol. The monoisotopic (exact) mass is 316 g/mol. The maximum atomic E-state index is 11.6. The van der Waals surface area contributed by atoms with E-state index in [0.717, 1.165) is 0 Å². The Morgan fingerprint density at radius 3 is 2.40 bits per heavy atom. The highest BCUT2D eigenvalue weighted by Gasteiger charge is 2.17. The molecule has 8 heteroatoms. The molecule has 0 unspecified atom stereocenters. The van der Waals surface area contributed by atoms with Crippen molar-refractivity contribution >= 4 is 38.6 Å². The molecule has 0 heterocycles. The third-order valence-corrected chi connectivity index (χ3v) is 3.94. The largest absolute Gasteiger partial charge is 0.494 e. The Morgan fingerprint density at radius 1 is 1.30 bits per heavy atom. The third-order valence-electron chi connectivity index (χ3n) is 2.16. The summed E-state index contributed by atoms with van der Waals surface area (Å²) >= 11 is 4.52. The lowest BCUT2D eigenvalue weighted by molar-refractivity contribution is -0.113. The highest BCUT2D eigenvalue weighted by atomic mass is 32.2. The maximum Gasteiger partial charge on any atom is 0.239 e. The minimum absolute atomic E-state index is 0.154. The first-order chi connectivity index (χ1) is 9.32. The van der Waals surface area contributed by atoms with Crippen LogP contribution in [0.4, 0.5) is 5.69 Å². The number of rotatable bonds is 7. The Bertz CT molecular complexity index is 582. The number of amides is 1. The van der Waals surface area contributed by atoms with Crippen LogP contribution in [-0.2, 0) is 14.6 Å². The van der Waals surface area contributed by atoms with Gasteiger partial charge >= 0.3 is 0 Å². The van der Waals surface area contributed by atoms with Crippen molar-refractivity contribution in [3.8, 4) is 5.75 Å². The van der Waals surface area contributed by atoms with E-state index in [1.807, 2.05) is 6.92 Å². The second-order valence-electron chi connectivity index (χ2n) is 4.00. The van der Waals surface area contributed by atoms with E-state index < -0.39 is 27.3 Å². The van der Waals surface area contributed by atoms with Crippen molar-refractivity contribution in [3.63, 3.8) is 0 Å². The van der Waals surface area contributed by atoms with E-state index >= 15 is 0 Å². The van der Waals surface area contributed by atoms with E-state index in [1.54, 1.807) is 24.3 Å². The molecule has 20 heavy (non-hydrogen) atoms. The van der Waals surface area contributed by atoms with Crippen molar-refractivity contribution in [2.45, 2.75) is 6.92 Å². The van der Waals surface area contributed by atoms with Crippen LogP contribution in [0.2, 0.25) is 0 Å². The molecule has 6 nitrogen and oxygen atoms in total. The molecule has 1 amide bonds. The summed E-state index contributed by atoms with van der Waals surface area (Å²) in [4.78, 5) is 11.5. The van der Waals surface area contributed by atoms with Crippen LogP contribution in [0.15, 0.2) is 24.3 Å². The van der Waals surface area contributed by atoms with Crippen molar-refractivity contribution in [1.29, 1.82) is 0 Å². The minimum atomic E-state index is -3.62. The molecule has 0 aliphatic heterocycles. The molecule has 0 aromatic heterocycles. The second-order valence-corrected chi connectivity index (χ2v) is 6.59. The molecule has 0 spiro atoms. The molecule has 1 rings (SSSR count). The number of hydrogen-bond donors (Lipinski definition) is 2. The lowest BCUT2D eigenvalue weighted by atomic mass is 10.3. The van der Waals surface area contributed by atoms with Crippen molar-refractivity contribution in [2.24, 2.45) is 5.73 Å². The number of hydrogen-bond acceptors (Lipinski definition) is 5. The zero-order chi connectivity index (χ0) is 15.2. The van der Waals surface area contributed by atoms with E-state index in [-0.39, 0.29) is 4.99 Å². The van der Waals surface area contributed by atoms with Gasteiger partial charge in [-0.05, 0) is 31.2 Å². The van der Waals surface area contributed by atoms with Gasteiger partial charge in [-0.1, -0.05) is 12.2 Å². The fraction of sp³-hybridized carbons (Fsp3) is 0.333. The Labute approximate surface area is 123 Å². The molecule has 0 saturated heterocycles. The van der Waals surface area contributed by atoms with Gasteiger partial charge in [0.1, 0.15) is 17.3 Å². The molecule has 1 aromatic rings. The van der Waals surface area contributed by atoms with E-state index in [1.165, 1.54) is 0 Å². The van der Waals surface area contributed by atoms with E-state index in [2.05, 4.69) is 17.5 Å². The standard InChI is InChI=1S/C12H16N2O4S2/c1-2-18-10-5-3-9(4-6-10)14-12(15)8-20(16,17)7-11(13)19/h3-6H,2,7-8H2,1H3,(H2,13,19)(H,14,15). The summed E-state index contributed by atoms with van der Waals surface area (Å²) in [7, 11) is -3.62. The van der Waals surface area contributed by atoms with E-state index in [4.69, 9.17) is 10.5 Å². The smallest absolute Gasteiger partial charge is 0.239 e. The number of ether oxygens (including phenoxy) is 1. The number of benzene rings is 1. The van der Waals surface area contributed by atoms with Gasteiger partial charge < -0.3 is 15.8 Å². The summed E-state index contributed by atoms with van der Waals surface area (Å²) in [6.45, 7) is 2.41. The summed E-state index contributed by atoms with van der Waals surface area (Å²) in [6, 6.07) is 6.62. The molecule has 0 atom stereocenters. The van der Waals surface area contributed by atoms with Gasteiger partial charge in [-0.2, -0.15) is 0 Å². The fourth-order valence-corrected chi connectivity index (χ4v) is 3.01. The summed E-state index contributed by atoms with van der Waals surface area (Å²) in [5, 5.41) is 2.48. The van der Waals surface area contributed by atoms with Crippen LogP contribution >= 0.6 is 12.2 Å². The van der Waals surface area contributed by atoms with Crippen LogP contribution in [0.3, 0.4) is 0 Å². The minimum Gasteiger partial charge on any atom is -0.494 e.